The average molecular weight is 374 g/mol. The van der Waals surface area contributed by atoms with Crippen molar-refractivity contribution >= 4 is 17.6 Å². The number of likely N-dealkylation sites (tertiary alicyclic amines) is 1. The number of benzene rings is 1. The zero-order chi connectivity index (χ0) is 19.6. The maximum atomic E-state index is 14.6. The van der Waals surface area contributed by atoms with E-state index in [9.17, 15) is 14.0 Å². The predicted octanol–water partition coefficient (Wildman–Crippen LogP) is 3.97. The minimum Gasteiger partial charge on any atom is -0.444 e. The van der Waals surface area contributed by atoms with E-state index in [-0.39, 0.29) is 17.8 Å². The van der Waals surface area contributed by atoms with Gasteiger partial charge in [-0.2, -0.15) is 0 Å². The van der Waals surface area contributed by atoms with Crippen LogP contribution in [0.15, 0.2) is 24.3 Å². The van der Waals surface area contributed by atoms with Crippen molar-refractivity contribution in [1.29, 1.82) is 0 Å². The van der Waals surface area contributed by atoms with Gasteiger partial charge in [-0.1, -0.05) is 18.2 Å². The molecule has 0 spiro atoms. The van der Waals surface area contributed by atoms with Gasteiger partial charge in [-0.05, 0) is 50.8 Å². The van der Waals surface area contributed by atoms with E-state index in [0.29, 0.717) is 38.0 Å². The highest BCUT2D eigenvalue weighted by Gasteiger charge is 2.25. The second kappa shape index (κ2) is 7.71. The van der Waals surface area contributed by atoms with Crippen molar-refractivity contribution in [2.45, 2.75) is 52.2 Å². The Kier molecular flexibility index (Phi) is 5.53. The number of rotatable bonds is 3. The van der Waals surface area contributed by atoms with Crippen LogP contribution in [-0.2, 0) is 16.1 Å². The van der Waals surface area contributed by atoms with Gasteiger partial charge in [0.15, 0.2) is 0 Å². The summed E-state index contributed by atoms with van der Waals surface area (Å²) in [6, 6.07) is 5.17. The van der Waals surface area contributed by atoms with Gasteiger partial charge in [0.1, 0.15) is 11.4 Å². The van der Waals surface area contributed by atoms with Crippen LogP contribution in [0.1, 0.15) is 51.2 Å². The van der Waals surface area contributed by atoms with Crippen molar-refractivity contribution < 1.29 is 18.7 Å². The third kappa shape index (κ3) is 4.87. The lowest BCUT2D eigenvalue weighted by atomic mass is 9.97. The third-order valence-electron chi connectivity index (χ3n) is 4.79. The van der Waals surface area contributed by atoms with Crippen LogP contribution in [0.3, 0.4) is 0 Å². The monoisotopic (exact) mass is 374 g/mol. The fourth-order valence-corrected chi connectivity index (χ4v) is 3.42. The molecular weight excluding hydrogens is 347 g/mol. The van der Waals surface area contributed by atoms with Gasteiger partial charge >= 0.3 is 6.09 Å². The molecule has 146 valence electrons. The first-order chi connectivity index (χ1) is 12.7. The van der Waals surface area contributed by atoms with Crippen LogP contribution < -0.4 is 0 Å². The number of carbonyl (C=O) groups is 2. The Bertz CT molecular complexity index is 767. The summed E-state index contributed by atoms with van der Waals surface area (Å²) >= 11 is 0. The first-order valence-electron chi connectivity index (χ1n) is 9.46. The smallest absolute Gasteiger partial charge is 0.410 e. The Labute approximate surface area is 159 Å². The Morgan fingerprint density at radius 2 is 2.00 bits per heavy atom. The molecule has 1 aromatic rings. The Morgan fingerprint density at radius 1 is 1.22 bits per heavy atom. The van der Waals surface area contributed by atoms with Crippen LogP contribution in [0.4, 0.5) is 9.18 Å². The van der Waals surface area contributed by atoms with Crippen LogP contribution in [0.2, 0.25) is 0 Å². The summed E-state index contributed by atoms with van der Waals surface area (Å²) in [6.45, 7) is 7.63. The van der Waals surface area contributed by atoms with Crippen LogP contribution in [0.5, 0.6) is 0 Å². The molecule has 1 aromatic carbocycles. The SMILES string of the molecule is CC(C)(C)OC(=O)N1CC=C(c2ccc(CN3CCCC3=O)cc2F)CC1. The van der Waals surface area contributed by atoms with E-state index in [1.54, 1.807) is 15.9 Å². The summed E-state index contributed by atoms with van der Waals surface area (Å²) in [4.78, 5) is 27.3. The molecule has 5 nitrogen and oxygen atoms in total. The number of halogens is 1. The summed E-state index contributed by atoms with van der Waals surface area (Å²) in [5.74, 6) is -0.146. The summed E-state index contributed by atoms with van der Waals surface area (Å²) in [6.07, 6.45) is 3.58. The molecule has 27 heavy (non-hydrogen) atoms. The van der Waals surface area contributed by atoms with E-state index in [1.165, 1.54) is 6.07 Å². The van der Waals surface area contributed by atoms with E-state index in [0.717, 1.165) is 24.1 Å². The van der Waals surface area contributed by atoms with Crippen molar-refractivity contribution in [3.63, 3.8) is 0 Å². The Morgan fingerprint density at radius 3 is 2.56 bits per heavy atom. The zero-order valence-electron chi connectivity index (χ0n) is 16.3. The minimum absolute atomic E-state index is 0.136. The summed E-state index contributed by atoms with van der Waals surface area (Å²) in [5.41, 5.74) is 1.74. The molecule has 2 heterocycles. The van der Waals surface area contributed by atoms with Crippen LogP contribution in [0, 0.1) is 5.82 Å². The lowest BCUT2D eigenvalue weighted by molar-refractivity contribution is -0.128. The summed E-state index contributed by atoms with van der Waals surface area (Å²) in [5, 5.41) is 0. The number of hydrogen-bond donors (Lipinski definition) is 0. The maximum absolute atomic E-state index is 14.6. The molecule has 0 aliphatic carbocycles. The molecule has 0 N–H and O–H groups in total. The van der Waals surface area contributed by atoms with Gasteiger partial charge in [0.25, 0.3) is 0 Å². The number of hydrogen-bond acceptors (Lipinski definition) is 3. The molecule has 6 heteroatoms. The van der Waals surface area contributed by atoms with Gasteiger partial charge in [-0.25, -0.2) is 9.18 Å². The molecule has 0 aromatic heterocycles. The van der Waals surface area contributed by atoms with Crippen molar-refractivity contribution in [2.24, 2.45) is 0 Å². The Balaban J connectivity index is 1.65. The van der Waals surface area contributed by atoms with E-state index < -0.39 is 5.60 Å². The Hall–Kier alpha value is -2.37. The van der Waals surface area contributed by atoms with Gasteiger partial charge in [-0.3, -0.25) is 4.79 Å². The fraction of sp³-hybridized carbons (Fsp3) is 0.524. The van der Waals surface area contributed by atoms with Gasteiger partial charge in [0, 0.05) is 38.2 Å². The highest BCUT2D eigenvalue weighted by Crippen LogP contribution is 2.27. The maximum Gasteiger partial charge on any atom is 0.410 e. The molecule has 3 rings (SSSR count). The van der Waals surface area contributed by atoms with Crippen LogP contribution in [0.25, 0.3) is 5.57 Å². The minimum atomic E-state index is -0.528. The van der Waals surface area contributed by atoms with Crippen LogP contribution >= 0.6 is 0 Å². The molecule has 2 aliphatic rings. The van der Waals surface area contributed by atoms with Gasteiger partial charge in [0.05, 0.1) is 0 Å². The van der Waals surface area contributed by atoms with Crippen LogP contribution in [-0.4, -0.2) is 47.0 Å². The summed E-state index contributed by atoms with van der Waals surface area (Å²) in [7, 11) is 0. The molecule has 2 amide bonds. The lowest BCUT2D eigenvalue weighted by Crippen LogP contribution is -2.39. The average Bonchev–Trinajstić information content (AvgIpc) is 2.98. The number of nitrogens with zero attached hydrogens (tertiary/aromatic N) is 2. The largest absolute Gasteiger partial charge is 0.444 e. The molecule has 1 fully saturated rings. The van der Waals surface area contributed by atoms with Gasteiger partial charge in [-0.15, -0.1) is 0 Å². The standard InChI is InChI=1S/C21H27FN2O3/c1-21(2,3)27-20(26)23-11-8-16(9-12-23)17-7-6-15(13-18(17)22)14-24-10-4-5-19(24)25/h6-8,13H,4-5,9-12,14H2,1-3H3. The summed E-state index contributed by atoms with van der Waals surface area (Å²) < 4.78 is 20.0. The molecule has 0 unspecified atom stereocenters. The molecule has 0 saturated carbocycles. The molecule has 0 radical (unpaired) electrons. The quantitative estimate of drug-likeness (QED) is 0.804. The number of carbonyl (C=O) groups excluding carboxylic acids is 2. The zero-order valence-corrected chi connectivity index (χ0v) is 16.3. The number of ether oxygens (including phenoxy) is 1. The first-order valence-corrected chi connectivity index (χ1v) is 9.46. The lowest BCUT2D eigenvalue weighted by Gasteiger charge is -2.29. The van der Waals surface area contributed by atoms with E-state index >= 15 is 0 Å². The molecule has 0 atom stereocenters. The van der Waals surface area contributed by atoms with Gasteiger partial charge < -0.3 is 14.5 Å². The van der Waals surface area contributed by atoms with E-state index in [4.69, 9.17) is 4.74 Å². The van der Waals surface area contributed by atoms with Crippen molar-refractivity contribution in [2.75, 3.05) is 19.6 Å². The van der Waals surface area contributed by atoms with Crippen molar-refractivity contribution in [3.8, 4) is 0 Å². The molecular formula is C21H27FN2O3. The second-order valence-corrected chi connectivity index (χ2v) is 8.14. The first kappa shape index (κ1) is 19.4. The number of amides is 2. The second-order valence-electron chi connectivity index (χ2n) is 8.14. The van der Waals surface area contributed by atoms with Crippen molar-refractivity contribution in [3.05, 3.63) is 41.2 Å². The predicted molar refractivity (Wildman–Crippen MR) is 101 cm³/mol. The van der Waals surface area contributed by atoms with Crippen molar-refractivity contribution in [1.82, 2.24) is 9.80 Å². The molecule has 1 saturated heterocycles. The third-order valence-corrected chi connectivity index (χ3v) is 4.79. The van der Waals surface area contributed by atoms with Gasteiger partial charge in [0.2, 0.25) is 5.91 Å². The highest BCUT2D eigenvalue weighted by molar-refractivity contribution is 5.78. The molecule has 2 aliphatic heterocycles. The van der Waals surface area contributed by atoms with E-state index in [2.05, 4.69) is 0 Å². The fourth-order valence-electron chi connectivity index (χ4n) is 3.42. The molecule has 0 bridgehead atoms. The highest BCUT2D eigenvalue weighted by atomic mass is 19.1. The normalized spacial score (nSPS) is 17.9. The topological polar surface area (TPSA) is 49.9 Å². The van der Waals surface area contributed by atoms with E-state index in [1.807, 2.05) is 32.9 Å².